The predicted octanol–water partition coefficient (Wildman–Crippen LogP) is 5.86. The monoisotopic (exact) mass is 439 g/mol. The number of para-hydroxylation sites is 1. The van der Waals surface area contributed by atoms with E-state index in [-0.39, 0.29) is 12.2 Å². The highest BCUT2D eigenvalue weighted by atomic mass is 16.5. The van der Waals surface area contributed by atoms with Crippen molar-refractivity contribution in [1.82, 2.24) is 0 Å². The van der Waals surface area contributed by atoms with E-state index in [2.05, 4.69) is 36.1 Å². The lowest BCUT2D eigenvalue weighted by Crippen LogP contribution is -2.23. The average Bonchev–Trinajstić information content (AvgIpc) is 2.86. The van der Waals surface area contributed by atoms with Crippen LogP contribution >= 0.6 is 0 Å². The minimum Gasteiger partial charge on any atom is -0.457 e. The lowest BCUT2D eigenvalue weighted by atomic mass is 9.97. The molecule has 0 atom stereocenters. The molecule has 0 aliphatic carbocycles. The molecule has 168 valence electrons. The summed E-state index contributed by atoms with van der Waals surface area (Å²) in [6, 6.07) is 19.8. The van der Waals surface area contributed by atoms with Gasteiger partial charge in [0.05, 0.1) is 0 Å². The van der Waals surface area contributed by atoms with Gasteiger partial charge in [-0.2, -0.15) is 10.5 Å². The van der Waals surface area contributed by atoms with E-state index in [1.54, 1.807) is 6.08 Å². The molecule has 0 unspecified atom stereocenters. The van der Waals surface area contributed by atoms with Crippen LogP contribution in [-0.2, 0) is 0 Å². The second-order valence-electron chi connectivity index (χ2n) is 7.80. The minimum absolute atomic E-state index is 0.0667. The number of benzene rings is 2. The van der Waals surface area contributed by atoms with E-state index in [1.165, 1.54) is 5.69 Å². The first kappa shape index (κ1) is 23.9. The second kappa shape index (κ2) is 12.3. The van der Waals surface area contributed by atoms with Gasteiger partial charge in [-0.15, -0.1) is 0 Å². The standard InChI is InChI=1S/C28H29N3O2/c1-2-31(17-7-3-4-8-18-32)24-14-11-22(12-15-24)13-16-25-19-27(23(20-29)21-30)26-9-5-6-10-28(26)33-25/h5-6,9-16,19,32H,2-4,7-8,17-18H2,1H3/b16-13+. The number of unbranched alkanes of at least 4 members (excludes halogenated alkanes) is 3. The first-order valence-corrected chi connectivity index (χ1v) is 11.4. The minimum atomic E-state index is 0.0667. The second-order valence-corrected chi connectivity index (χ2v) is 7.80. The molecule has 5 nitrogen and oxygen atoms in total. The van der Waals surface area contributed by atoms with Crippen molar-refractivity contribution < 1.29 is 9.84 Å². The van der Waals surface area contributed by atoms with Gasteiger partial charge in [-0.1, -0.05) is 49.2 Å². The van der Waals surface area contributed by atoms with Gasteiger partial charge in [-0.05, 0) is 55.7 Å². The van der Waals surface area contributed by atoms with E-state index >= 15 is 0 Å². The Labute approximate surface area is 196 Å². The summed E-state index contributed by atoms with van der Waals surface area (Å²) in [7, 11) is 0. The van der Waals surface area contributed by atoms with E-state index in [9.17, 15) is 10.5 Å². The van der Waals surface area contributed by atoms with Crippen molar-refractivity contribution in [2.24, 2.45) is 0 Å². The summed E-state index contributed by atoms with van der Waals surface area (Å²) in [6.45, 7) is 4.39. The molecule has 1 N–H and O–H groups in total. The van der Waals surface area contributed by atoms with Crippen LogP contribution in [0.3, 0.4) is 0 Å². The number of allylic oxidation sites excluding steroid dienone is 4. The van der Waals surface area contributed by atoms with E-state index in [0.717, 1.165) is 49.9 Å². The van der Waals surface area contributed by atoms with Crippen molar-refractivity contribution in [2.75, 3.05) is 24.6 Å². The SMILES string of the molecule is CCN(CCCCCCO)c1ccc(/C=C/C2=CC(=C(C#N)C#N)c3ccccc3O2)cc1. The molecule has 0 fully saturated rings. The Hall–Kier alpha value is -3.80. The molecule has 33 heavy (non-hydrogen) atoms. The number of hydrogen-bond donors (Lipinski definition) is 1. The van der Waals surface area contributed by atoms with Crippen molar-refractivity contribution in [3.63, 3.8) is 0 Å². The maximum absolute atomic E-state index is 9.35. The summed E-state index contributed by atoms with van der Waals surface area (Å²) in [5, 5.41) is 27.6. The van der Waals surface area contributed by atoms with Gasteiger partial charge < -0.3 is 14.7 Å². The number of aliphatic hydroxyl groups is 1. The van der Waals surface area contributed by atoms with Crippen molar-refractivity contribution >= 4 is 17.3 Å². The highest BCUT2D eigenvalue weighted by molar-refractivity contribution is 5.87. The van der Waals surface area contributed by atoms with E-state index in [0.29, 0.717) is 17.1 Å². The van der Waals surface area contributed by atoms with Crippen LogP contribution in [0.15, 0.2) is 72.0 Å². The van der Waals surface area contributed by atoms with Gasteiger partial charge in [-0.25, -0.2) is 0 Å². The van der Waals surface area contributed by atoms with Crippen LogP contribution in [0.25, 0.3) is 11.6 Å². The number of aliphatic hydroxyl groups excluding tert-OH is 1. The van der Waals surface area contributed by atoms with Gasteiger partial charge >= 0.3 is 0 Å². The molecule has 3 rings (SSSR count). The van der Waals surface area contributed by atoms with E-state index in [4.69, 9.17) is 9.84 Å². The number of nitriles is 2. The van der Waals surface area contributed by atoms with Crippen molar-refractivity contribution in [2.45, 2.75) is 32.6 Å². The third-order valence-corrected chi connectivity index (χ3v) is 5.60. The van der Waals surface area contributed by atoms with Gasteiger partial charge in [0.15, 0.2) is 0 Å². The van der Waals surface area contributed by atoms with Crippen molar-refractivity contribution in [3.8, 4) is 17.9 Å². The molecule has 0 saturated heterocycles. The molecular formula is C28H29N3O2. The van der Waals surface area contributed by atoms with Crippen LogP contribution in [-0.4, -0.2) is 24.8 Å². The van der Waals surface area contributed by atoms with Crippen molar-refractivity contribution in [1.29, 1.82) is 10.5 Å². The molecule has 0 bridgehead atoms. The number of nitrogens with zero attached hydrogens (tertiary/aromatic N) is 3. The highest BCUT2D eigenvalue weighted by Crippen LogP contribution is 2.35. The molecule has 5 heteroatoms. The van der Waals surface area contributed by atoms with Gasteiger partial charge in [0, 0.05) is 36.5 Å². The molecule has 1 heterocycles. The number of fused-ring (bicyclic) bond motifs is 1. The van der Waals surface area contributed by atoms with Crippen LogP contribution in [0.1, 0.15) is 43.7 Å². The zero-order valence-corrected chi connectivity index (χ0v) is 19.0. The van der Waals surface area contributed by atoms with Crippen LogP contribution < -0.4 is 9.64 Å². The maximum Gasteiger partial charge on any atom is 0.137 e. The summed E-state index contributed by atoms with van der Waals surface area (Å²) >= 11 is 0. The van der Waals surface area contributed by atoms with E-state index < -0.39 is 0 Å². The Balaban J connectivity index is 1.71. The predicted molar refractivity (Wildman–Crippen MR) is 132 cm³/mol. The molecule has 0 radical (unpaired) electrons. The smallest absolute Gasteiger partial charge is 0.137 e. The van der Waals surface area contributed by atoms with Crippen LogP contribution in [0.2, 0.25) is 0 Å². The summed E-state index contributed by atoms with van der Waals surface area (Å²) in [4.78, 5) is 2.36. The molecule has 0 saturated carbocycles. The Kier molecular flexibility index (Phi) is 8.88. The third kappa shape index (κ3) is 6.35. The van der Waals surface area contributed by atoms with Gasteiger partial charge in [-0.3, -0.25) is 0 Å². The molecular weight excluding hydrogens is 410 g/mol. The normalized spacial score (nSPS) is 12.4. The quantitative estimate of drug-likeness (QED) is 0.371. The molecule has 2 aromatic carbocycles. The fourth-order valence-electron chi connectivity index (χ4n) is 3.80. The average molecular weight is 440 g/mol. The zero-order valence-electron chi connectivity index (χ0n) is 19.0. The number of rotatable bonds is 10. The summed E-state index contributed by atoms with van der Waals surface area (Å²) in [6.07, 6.45) is 9.76. The molecule has 1 aliphatic heterocycles. The molecule has 0 spiro atoms. The van der Waals surface area contributed by atoms with Crippen LogP contribution in [0.5, 0.6) is 5.75 Å². The maximum atomic E-state index is 9.35. The van der Waals surface area contributed by atoms with Gasteiger partial charge in [0.1, 0.15) is 29.2 Å². The number of ether oxygens (including phenoxy) is 1. The molecule has 0 aromatic heterocycles. The molecule has 2 aromatic rings. The third-order valence-electron chi connectivity index (χ3n) is 5.60. The van der Waals surface area contributed by atoms with E-state index in [1.807, 2.05) is 48.6 Å². The van der Waals surface area contributed by atoms with Gasteiger partial charge in [0.25, 0.3) is 0 Å². The Morgan fingerprint density at radius 1 is 0.970 bits per heavy atom. The lowest BCUT2D eigenvalue weighted by molar-refractivity contribution is 0.282. The fourth-order valence-corrected chi connectivity index (χ4v) is 3.80. The largest absolute Gasteiger partial charge is 0.457 e. The molecule has 1 aliphatic rings. The summed E-state index contributed by atoms with van der Waals surface area (Å²) < 4.78 is 5.97. The molecule has 0 amide bonds. The summed E-state index contributed by atoms with van der Waals surface area (Å²) in [5.41, 5.74) is 3.61. The topological polar surface area (TPSA) is 80.3 Å². The van der Waals surface area contributed by atoms with Crippen molar-refractivity contribution in [3.05, 3.63) is 83.1 Å². The number of anilines is 1. The fraction of sp³-hybridized carbons (Fsp3) is 0.286. The highest BCUT2D eigenvalue weighted by Gasteiger charge is 2.18. The first-order chi connectivity index (χ1) is 16.2. The van der Waals surface area contributed by atoms with Crippen LogP contribution in [0.4, 0.5) is 5.69 Å². The Morgan fingerprint density at radius 3 is 2.39 bits per heavy atom. The zero-order chi connectivity index (χ0) is 23.5. The Morgan fingerprint density at radius 2 is 1.70 bits per heavy atom. The number of hydrogen-bond acceptors (Lipinski definition) is 5. The lowest BCUT2D eigenvalue weighted by Gasteiger charge is -2.23. The Bertz CT molecular complexity index is 1100. The summed E-state index contributed by atoms with van der Waals surface area (Å²) in [5.74, 6) is 1.21. The van der Waals surface area contributed by atoms with Crippen LogP contribution in [0, 0.1) is 22.7 Å². The van der Waals surface area contributed by atoms with Gasteiger partial charge in [0.2, 0.25) is 0 Å². The first-order valence-electron chi connectivity index (χ1n) is 11.4.